The average Bonchev–Trinajstić information content (AvgIpc) is 3.91. The topological polar surface area (TPSA) is 48.8 Å². The van der Waals surface area contributed by atoms with Crippen LogP contribution in [-0.4, -0.2) is 19.1 Å². The van der Waals surface area contributed by atoms with Crippen molar-refractivity contribution in [2.75, 3.05) is 0 Å². The highest BCUT2D eigenvalue weighted by Crippen LogP contribution is 2.41. The molecular weight excluding hydrogens is 697 g/mol. The monoisotopic (exact) mass is 726 g/mol. The van der Waals surface area contributed by atoms with E-state index in [1.807, 2.05) is 36.4 Å². The Balaban J connectivity index is 1.08. The van der Waals surface area contributed by atoms with Crippen LogP contribution in [0, 0.1) is 0 Å². The van der Waals surface area contributed by atoms with Crippen LogP contribution in [0.1, 0.15) is 0 Å². The van der Waals surface area contributed by atoms with Crippen LogP contribution in [0.25, 0.3) is 121 Å². The van der Waals surface area contributed by atoms with Gasteiger partial charge in [0.1, 0.15) is 16.9 Å². The van der Waals surface area contributed by atoms with Crippen LogP contribution < -0.4 is 0 Å². The summed E-state index contributed by atoms with van der Waals surface area (Å²) in [6.45, 7) is 0. The molecule has 4 heterocycles. The van der Waals surface area contributed by atoms with Crippen molar-refractivity contribution in [3.63, 3.8) is 0 Å². The van der Waals surface area contributed by atoms with Gasteiger partial charge in [-0.25, -0.2) is 9.97 Å². The molecule has 0 radical (unpaired) electrons. The maximum atomic E-state index is 6.38. The van der Waals surface area contributed by atoms with Crippen LogP contribution in [0.3, 0.4) is 0 Å². The Morgan fingerprint density at radius 1 is 0.351 bits per heavy atom. The number of para-hydroxylation sites is 5. The minimum Gasteiger partial charge on any atom is -0.456 e. The Morgan fingerprint density at radius 2 is 0.930 bits per heavy atom. The Hall–Kier alpha value is -7.76. The van der Waals surface area contributed by atoms with Crippen LogP contribution in [0.15, 0.2) is 186 Å². The van der Waals surface area contributed by atoms with Crippen molar-refractivity contribution in [2.45, 2.75) is 0 Å². The summed E-state index contributed by atoms with van der Waals surface area (Å²) >= 11 is 0. The molecule has 0 amide bonds. The maximum Gasteiger partial charge on any atom is 0.165 e. The second-order valence-corrected chi connectivity index (χ2v) is 15.0. The van der Waals surface area contributed by atoms with Crippen LogP contribution in [-0.2, 0) is 0 Å². The van der Waals surface area contributed by atoms with Crippen molar-refractivity contribution in [3.8, 4) is 22.8 Å². The summed E-state index contributed by atoms with van der Waals surface area (Å²) in [4.78, 5) is 10.8. The number of benzene rings is 9. The predicted octanol–water partition coefficient (Wildman–Crippen LogP) is 13.7. The van der Waals surface area contributed by atoms with E-state index >= 15 is 0 Å². The molecule has 0 aliphatic rings. The lowest BCUT2D eigenvalue weighted by Gasteiger charge is -2.14. The van der Waals surface area contributed by atoms with E-state index in [0.717, 1.165) is 72.2 Å². The van der Waals surface area contributed by atoms with Crippen molar-refractivity contribution in [1.29, 1.82) is 0 Å². The van der Waals surface area contributed by atoms with Gasteiger partial charge in [0.25, 0.3) is 0 Å². The van der Waals surface area contributed by atoms with Gasteiger partial charge in [0, 0.05) is 43.6 Å². The molecule has 9 aromatic carbocycles. The number of aromatic nitrogens is 4. The Morgan fingerprint density at radius 3 is 1.72 bits per heavy atom. The van der Waals surface area contributed by atoms with Crippen molar-refractivity contribution in [3.05, 3.63) is 182 Å². The first kappa shape index (κ1) is 30.6. The van der Waals surface area contributed by atoms with E-state index in [1.54, 1.807) is 0 Å². The van der Waals surface area contributed by atoms with Gasteiger partial charge in [-0.2, -0.15) is 0 Å². The number of nitrogens with zero attached hydrogens (tertiary/aromatic N) is 4. The molecule has 0 aliphatic heterocycles. The molecule has 13 aromatic rings. The fourth-order valence-corrected chi connectivity index (χ4v) is 9.21. The van der Waals surface area contributed by atoms with Gasteiger partial charge in [0.15, 0.2) is 5.82 Å². The minimum absolute atomic E-state index is 0.778. The predicted molar refractivity (Wildman–Crippen MR) is 236 cm³/mol. The van der Waals surface area contributed by atoms with E-state index in [4.69, 9.17) is 14.4 Å². The van der Waals surface area contributed by atoms with Gasteiger partial charge in [-0.3, -0.25) is 4.57 Å². The van der Waals surface area contributed by atoms with Crippen LogP contribution in [0.4, 0.5) is 0 Å². The van der Waals surface area contributed by atoms with Gasteiger partial charge >= 0.3 is 0 Å². The first-order chi connectivity index (χ1) is 28.2. The molecule has 0 unspecified atom stereocenters. The molecule has 0 bridgehead atoms. The van der Waals surface area contributed by atoms with Crippen LogP contribution in [0.5, 0.6) is 0 Å². The number of furan rings is 1. The first-order valence-electron chi connectivity index (χ1n) is 19.3. The Kier molecular flexibility index (Phi) is 6.10. The summed E-state index contributed by atoms with van der Waals surface area (Å²) in [6, 6.07) is 64.9. The summed E-state index contributed by atoms with van der Waals surface area (Å²) in [5.74, 6) is 0.778. The molecule has 57 heavy (non-hydrogen) atoms. The molecular formula is C52H30N4O. The second kappa shape index (κ2) is 11.4. The molecule has 0 saturated heterocycles. The lowest BCUT2D eigenvalue weighted by atomic mass is 10.0. The quantitative estimate of drug-likeness (QED) is 0.182. The van der Waals surface area contributed by atoms with E-state index in [0.29, 0.717) is 0 Å². The van der Waals surface area contributed by atoms with E-state index in [1.165, 1.54) is 48.7 Å². The van der Waals surface area contributed by atoms with E-state index in [9.17, 15) is 0 Å². The largest absolute Gasteiger partial charge is 0.456 e. The summed E-state index contributed by atoms with van der Waals surface area (Å²) in [5, 5.41) is 11.8. The number of fused-ring (bicyclic) bond motifs is 12. The third kappa shape index (κ3) is 4.39. The highest BCUT2D eigenvalue weighted by atomic mass is 16.3. The van der Waals surface area contributed by atoms with E-state index in [-0.39, 0.29) is 0 Å². The van der Waals surface area contributed by atoms with Gasteiger partial charge in [-0.05, 0) is 100 Å². The zero-order valence-electron chi connectivity index (χ0n) is 30.5. The van der Waals surface area contributed by atoms with Crippen molar-refractivity contribution in [2.24, 2.45) is 0 Å². The molecule has 264 valence electrons. The Labute approximate surface area is 325 Å². The molecule has 0 saturated carbocycles. The molecule has 0 aliphatic carbocycles. The minimum atomic E-state index is 0.778. The van der Waals surface area contributed by atoms with E-state index in [2.05, 4.69) is 155 Å². The first-order valence-corrected chi connectivity index (χ1v) is 19.3. The lowest BCUT2D eigenvalue weighted by molar-refractivity contribution is 0.669. The van der Waals surface area contributed by atoms with Gasteiger partial charge in [-0.1, -0.05) is 103 Å². The molecule has 0 spiro atoms. The normalized spacial score (nSPS) is 12.2. The van der Waals surface area contributed by atoms with Crippen molar-refractivity contribution in [1.82, 2.24) is 19.1 Å². The number of rotatable bonds is 3. The fraction of sp³-hybridized carbons (Fsp3) is 0. The highest BCUT2D eigenvalue weighted by molar-refractivity contribution is 6.16. The number of hydrogen-bond donors (Lipinski definition) is 0. The second-order valence-electron chi connectivity index (χ2n) is 15.0. The Bertz CT molecular complexity index is 3830. The lowest BCUT2D eigenvalue weighted by Crippen LogP contribution is -2.03. The molecule has 0 N–H and O–H groups in total. The standard InChI is InChI=1S/C52H30N4O/c1-2-12-32-28-47-41(26-31(32)11-1)37-13-3-8-18-45(37)55(47)36-23-21-33-27-42-38-14-4-9-19-46(38)56(48(42)29-35(33)25-36)52-51(53-43-16-6-7-17-44(43)54-52)34-22-24-40-39-15-5-10-20-49(39)57-50(40)30-34/h1-30H. The molecule has 4 aromatic heterocycles. The fourth-order valence-electron chi connectivity index (χ4n) is 9.21. The van der Waals surface area contributed by atoms with Crippen LogP contribution in [0.2, 0.25) is 0 Å². The third-order valence-corrected chi connectivity index (χ3v) is 11.8. The zero-order valence-corrected chi connectivity index (χ0v) is 30.5. The van der Waals surface area contributed by atoms with Gasteiger partial charge < -0.3 is 8.98 Å². The average molecular weight is 727 g/mol. The van der Waals surface area contributed by atoms with E-state index < -0.39 is 0 Å². The summed E-state index contributed by atoms with van der Waals surface area (Å²) in [6.07, 6.45) is 0. The molecule has 0 atom stereocenters. The van der Waals surface area contributed by atoms with Gasteiger partial charge in [-0.15, -0.1) is 0 Å². The van der Waals surface area contributed by atoms with Crippen molar-refractivity contribution < 1.29 is 4.42 Å². The maximum absolute atomic E-state index is 6.38. The molecule has 5 nitrogen and oxygen atoms in total. The summed E-state index contributed by atoms with van der Waals surface area (Å²) in [5.41, 5.74) is 10.8. The number of hydrogen-bond acceptors (Lipinski definition) is 3. The zero-order chi connectivity index (χ0) is 37.2. The van der Waals surface area contributed by atoms with Gasteiger partial charge in [0.2, 0.25) is 0 Å². The smallest absolute Gasteiger partial charge is 0.165 e. The SMILES string of the molecule is c1ccc2cc3c(cc2c1)c1ccccc1n3-c1ccc2cc3c4ccccc4n(-c4nc5ccccc5nc4-c4ccc5c(c4)oc4ccccc45)c3cc2c1. The summed E-state index contributed by atoms with van der Waals surface area (Å²) < 4.78 is 11.1. The molecule has 5 heteroatoms. The van der Waals surface area contributed by atoms with Crippen LogP contribution >= 0.6 is 0 Å². The van der Waals surface area contributed by atoms with Gasteiger partial charge in [0.05, 0.1) is 33.1 Å². The highest BCUT2D eigenvalue weighted by Gasteiger charge is 2.21. The molecule has 0 fully saturated rings. The molecule has 13 rings (SSSR count). The van der Waals surface area contributed by atoms with Crippen molar-refractivity contribution >= 4 is 98.1 Å². The third-order valence-electron chi connectivity index (χ3n) is 11.8. The summed E-state index contributed by atoms with van der Waals surface area (Å²) in [7, 11) is 0.